The van der Waals surface area contributed by atoms with Crippen molar-refractivity contribution in [2.45, 2.75) is 26.2 Å². The molecule has 1 saturated heterocycles. The fourth-order valence-electron chi connectivity index (χ4n) is 3.72. The fraction of sp³-hybridized carbons (Fsp3) is 0.261. The third kappa shape index (κ3) is 4.22. The first-order valence-electron chi connectivity index (χ1n) is 10.7. The van der Waals surface area contributed by atoms with Gasteiger partial charge >= 0.3 is 0 Å². The van der Waals surface area contributed by atoms with E-state index in [0.717, 1.165) is 42.6 Å². The van der Waals surface area contributed by atoms with E-state index in [-0.39, 0.29) is 5.91 Å². The lowest BCUT2D eigenvalue weighted by Gasteiger charge is -2.24. The smallest absolute Gasteiger partial charge is 0.258 e. The van der Waals surface area contributed by atoms with Crippen LogP contribution in [0.5, 0.6) is 0 Å². The van der Waals surface area contributed by atoms with Gasteiger partial charge in [-0.2, -0.15) is 4.98 Å². The normalized spacial score (nSPS) is 13.8. The molecule has 32 heavy (non-hydrogen) atoms. The monoisotopic (exact) mass is 429 g/mol. The van der Waals surface area contributed by atoms with Gasteiger partial charge in [-0.1, -0.05) is 17.7 Å². The summed E-state index contributed by atoms with van der Waals surface area (Å²) >= 11 is 0. The van der Waals surface area contributed by atoms with Crippen LogP contribution in [0.1, 0.15) is 35.2 Å². The van der Waals surface area contributed by atoms with E-state index in [1.807, 2.05) is 31.2 Å². The van der Waals surface area contributed by atoms with Crippen LogP contribution >= 0.6 is 0 Å². The molecular weight excluding hydrogens is 406 g/mol. The van der Waals surface area contributed by atoms with Crippen LogP contribution < -0.4 is 10.2 Å². The zero-order valence-electron chi connectivity index (χ0n) is 17.7. The average Bonchev–Trinajstić information content (AvgIpc) is 3.50. The Morgan fingerprint density at radius 1 is 1.00 bits per heavy atom. The largest absolute Gasteiger partial charge is 0.416 e. The highest BCUT2D eigenvalue weighted by Gasteiger charge is 2.17. The van der Waals surface area contributed by atoms with Gasteiger partial charge in [0.25, 0.3) is 5.91 Å². The number of carbonyl (C=O) groups is 1. The number of rotatable bonds is 5. The molecule has 1 aliphatic heterocycles. The van der Waals surface area contributed by atoms with Crippen LogP contribution in [0, 0.1) is 6.92 Å². The van der Waals surface area contributed by atoms with E-state index >= 15 is 0 Å². The zero-order chi connectivity index (χ0) is 21.9. The van der Waals surface area contributed by atoms with Gasteiger partial charge in [0.2, 0.25) is 23.7 Å². The summed E-state index contributed by atoms with van der Waals surface area (Å²) in [5, 5.41) is 18.1. The molecular formula is C23H23N7O2. The van der Waals surface area contributed by atoms with E-state index in [9.17, 15) is 4.79 Å². The van der Waals surface area contributed by atoms with E-state index in [1.54, 1.807) is 24.3 Å². The van der Waals surface area contributed by atoms with Crippen molar-refractivity contribution in [1.29, 1.82) is 0 Å². The second kappa shape index (κ2) is 8.62. The van der Waals surface area contributed by atoms with Gasteiger partial charge in [-0.05, 0) is 62.6 Å². The van der Waals surface area contributed by atoms with Crippen LogP contribution in [0.25, 0.3) is 22.9 Å². The minimum Gasteiger partial charge on any atom is -0.416 e. The Morgan fingerprint density at radius 3 is 2.50 bits per heavy atom. The molecule has 0 spiro atoms. The van der Waals surface area contributed by atoms with Crippen molar-refractivity contribution in [3.05, 3.63) is 59.7 Å². The van der Waals surface area contributed by atoms with Crippen LogP contribution in [-0.2, 0) is 0 Å². The van der Waals surface area contributed by atoms with Gasteiger partial charge in [-0.15, -0.1) is 15.3 Å². The second-order valence-corrected chi connectivity index (χ2v) is 7.85. The van der Waals surface area contributed by atoms with Crippen LogP contribution in [0.15, 0.2) is 52.9 Å². The average molecular weight is 429 g/mol. The molecule has 2 aromatic carbocycles. The Hall–Kier alpha value is -4.01. The molecule has 0 radical (unpaired) electrons. The van der Waals surface area contributed by atoms with E-state index in [0.29, 0.717) is 29.2 Å². The van der Waals surface area contributed by atoms with Gasteiger partial charge in [0, 0.05) is 29.8 Å². The molecule has 0 atom stereocenters. The number of aryl methyl sites for hydroxylation is 1. The summed E-state index contributed by atoms with van der Waals surface area (Å²) in [6.07, 6.45) is 3.50. The number of piperidine rings is 1. The van der Waals surface area contributed by atoms with Crippen molar-refractivity contribution < 1.29 is 9.21 Å². The van der Waals surface area contributed by atoms with Gasteiger partial charge < -0.3 is 9.32 Å². The van der Waals surface area contributed by atoms with Crippen molar-refractivity contribution in [3.63, 3.8) is 0 Å². The molecule has 1 aliphatic rings. The minimum absolute atomic E-state index is 0.274. The SMILES string of the molecule is Cc1cccc(-c2nnc(-c3ccc(C(=O)Nc4nc(N5CCCCC5)n[nH]4)cc3)o2)c1. The number of aromatic nitrogens is 5. The minimum atomic E-state index is -0.274. The molecule has 9 heteroatoms. The fourth-order valence-corrected chi connectivity index (χ4v) is 3.72. The summed E-state index contributed by atoms with van der Waals surface area (Å²) in [7, 11) is 0. The Balaban J connectivity index is 1.26. The number of hydrogen-bond donors (Lipinski definition) is 2. The lowest BCUT2D eigenvalue weighted by molar-refractivity contribution is 0.102. The number of anilines is 2. The number of nitrogens with zero attached hydrogens (tertiary/aromatic N) is 5. The van der Waals surface area contributed by atoms with Gasteiger partial charge in [-0.25, -0.2) is 5.10 Å². The van der Waals surface area contributed by atoms with Crippen LogP contribution in [-0.4, -0.2) is 44.4 Å². The number of nitrogens with one attached hydrogen (secondary N) is 2. The molecule has 0 saturated carbocycles. The molecule has 2 aromatic heterocycles. The van der Waals surface area contributed by atoms with Crippen LogP contribution in [0.3, 0.4) is 0 Å². The summed E-state index contributed by atoms with van der Waals surface area (Å²) in [6.45, 7) is 3.89. The molecule has 162 valence electrons. The summed E-state index contributed by atoms with van der Waals surface area (Å²) in [5.41, 5.74) is 3.21. The molecule has 1 amide bonds. The zero-order valence-corrected chi connectivity index (χ0v) is 17.7. The van der Waals surface area contributed by atoms with E-state index < -0.39 is 0 Å². The first-order chi connectivity index (χ1) is 15.7. The van der Waals surface area contributed by atoms with Gasteiger partial charge in [-0.3, -0.25) is 10.1 Å². The Morgan fingerprint density at radius 2 is 1.75 bits per heavy atom. The van der Waals surface area contributed by atoms with Crippen molar-refractivity contribution >= 4 is 17.8 Å². The topological polar surface area (TPSA) is 113 Å². The number of hydrogen-bond acceptors (Lipinski definition) is 7. The molecule has 0 unspecified atom stereocenters. The Labute approximate surface area is 184 Å². The predicted octanol–water partition coefficient (Wildman–Crippen LogP) is 4.07. The number of H-pyrrole nitrogens is 1. The maximum Gasteiger partial charge on any atom is 0.258 e. The third-order valence-corrected chi connectivity index (χ3v) is 5.43. The van der Waals surface area contributed by atoms with E-state index in [1.165, 1.54) is 6.42 Å². The van der Waals surface area contributed by atoms with E-state index in [2.05, 4.69) is 35.6 Å². The summed E-state index contributed by atoms with van der Waals surface area (Å²) in [5.74, 6) is 1.54. The maximum atomic E-state index is 12.6. The highest BCUT2D eigenvalue weighted by Crippen LogP contribution is 2.25. The quantitative estimate of drug-likeness (QED) is 0.492. The van der Waals surface area contributed by atoms with Crippen molar-refractivity contribution in [2.24, 2.45) is 0 Å². The van der Waals surface area contributed by atoms with E-state index in [4.69, 9.17) is 4.42 Å². The molecule has 3 heterocycles. The predicted molar refractivity (Wildman–Crippen MR) is 120 cm³/mol. The first kappa shape index (κ1) is 19.9. The Kier molecular flexibility index (Phi) is 5.37. The third-order valence-electron chi connectivity index (χ3n) is 5.43. The lowest BCUT2D eigenvalue weighted by atomic mass is 10.1. The molecule has 1 fully saturated rings. The van der Waals surface area contributed by atoms with Crippen LogP contribution in [0.4, 0.5) is 11.9 Å². The lowest BCUT2D eigenvalue weighted by Crippen LogP contribution is -2.30. The second-order valence-electron chi connectivity index (χ2n) is 7.85. The number of carbonyl (C=O) groups excluding carboxylic acids is 1. The molecule has 0 bridgehead atoms. The van der Waals surface area contributed by atoms with Gasteiger partial charge in [0.1, 0.15) is 0 Å². The molecule has 4 aromatic rings. The number of amides is 1. The van der Waals surface area contributed by atoms with Crippen molar-refractivity contribution in [2.75, 3.05) is 23.3 Å². The highest BCUT2D eigenvalue weighted by atomic mass is 16.4. The van der Waals surface area contributed by atoms with Crippen LogP contribution in [0.2, 0.25) is 0 Å². The summed E-state index contributed by atoms with van der Waals surface area (Å²) < 4.78 is 5.82. The summed E-state index contributed by atoms with van der Waals surface area (Å²) in [6, 6.07) is 14.9. The number of aromatic amines is 1. The summed E-state index contributed by atoms with van der Waals surface area (Å²) in [4.78, 5) is 19.1. The Bertz CT molecular complexity index is 1220. The van der Waals surface area contributed by atoms with Crippen molar-refractivity contribution in [3.8, 4) is 22.9 Å². The molecule has 2 N–H and O–H groups in total. The first-order valence-corrected chi connectivity index (χ1v) is 10.7. The molecule has 0 aliphatic carbocycles. The molecule has 9 nitrogen and oxygen atoms in total. The number of benzene rings is 2. The standard InChI is InChI=1S/C23H23N7O2/c1-15-6-5-7-18(14-15)21-27-26-20(32-21)17-10-8-16(9-11-17)19(31)24-22-25-23(29-28-22)30-12-3-2-4-13-30/h5-11,14H,2-4,12-13H2,1H3,(H2,24,25,28,29,31). The molecule has 5 rings (SSSR count). The van der Waals surface area contributed by atoms with Gasteiger partial charge in [0.05, 0.1) is 0 Å². The van der Waals surface area contributed by atoms with Gasteiger partial charge in [0.15, 0.2) is 0 Å². The van der Waals surface area contributed by atoms with Crippen molar-refractivity contribution in [1.82, 2.24) is 25.4 Å². The maximum absolute atomic E-state index is 12.6. The highest BCUT2D eigenvalue weighted by molar-refractivity contribution is 6.03.